The molecule has 0 aliphatic carbocycles. The van der Waals surface area contributed by atoms with Crippen molar-refractivity contribution in [2.45, 2.75) is 51.2 Å². The Labute approximate surface area is 265 Å². The van der Waals surface area contributed by atoms with Crippen molar-refractivity contribution in [2.75, 3.05) is 23.7 Å². The highest BCUT2D eigenvalue weighted by molar-refractivity contribution is 6.36. The Balaban J connectivity index is 1.35. The van der Waals surface area contributed by atoms with Crippen molar-refractivity contribution in [1.82, 2.24) is 24.9 Å². The van der Waals surface area contributed by atoms with Crippen molar-refractivity contribution in [3.05, 3.63) is 107 Å². The highest BCUT2D eigenvalue weighted by Crippen LogP contribution is 2.37. The lowest BCUT2D eigenvalue weighted by Crippen LogP contribution is -2.46. The minimum atomic E-state index is -1.00. The van der Waals surface area contributed by atoms with Gasteiger partial charge in [-0.25, -0.2) is 13.5 Å². The van der Waals surface area contributed by atoms with E-state index >= 15 is 0 Å². The van der Waals surface area contributed by atoms with Crippen LogP contribution in [0.1, 0.15) is 62.5 Å². The summed E-state index contributed by atoms with van der Waals surface area (Å²) in [7, 11) is 0. The molecule has 0 saturated carbocycles. The van der Waals surface area contributed by atoms with Crippen molar-refractivity contribution >= 4 is 39.6 Å². The van der Waals surface area contributed by atoms with Crippen LogP contribution in [0.4, 0.5) is 25.8 Å². The number of likely N-dealkylation sites (tertiary alicyclic amines) is 1. The van der Waals surface area contributed by atoms with Crippen LogP contribution >= 0.6 is 11.6 Å². The molecular formula is C34H33ClF2N8. The van der Waals surface area contributed by atoms with Crippen molar-refractivity contribution in [2.24, 2.45) is 0 Å². The first-order chi connectivity index (χ1) is 21.6. The number of halogens is 3. The van der Waals surface area contributed by atoms with Crippen LogP contribution in [0.5, 0.6) is 0 Å². The molecule has 0 spiro atoms. The second kappa shape index (κ2) is 12.4. The van der Waals surface area contributed by atoms with Crippen LogP contribution < -0.4 is 10.6 Å². The molecule has 8 nitrogen and oxygen atoms in total. The molecule has 1 atom stereocenters. The molecule has 0 radical (unpaired) electrons. The number of aromatic nitrogens is 4. The lowest BCUT2D eigenvalue weighted by Gasteiger charge is -2.40. The third-order valence-corrected chi connectivity index (χ3v) is 8.58. The SMILES string of the molecule is CC(C)(C)N1CCC(n2cc([C@@H](Nc3cc(Cl)c4ncc(C#N)c(Nc5ccc(F)c(F)c5)c4c3)c3ccccc3)nn2)CC1. The Morgan fingerprint density at radius 1 is 1.00 bits per heavy atom. The van der Waals surface area contributed by atoms with Gasteiger partial charge in [-0.05, 0) is 63.4 Å². The maximum atomic E-state index is 14.0. The zero-order valence-electron chi connectivity index (χ0n) is 25.2. The van der Waals surface area contributed by atoms with Gasteiger partial charge in [-0.2, -0.15) is 5.26 Å². The molecule has 1 fully saturated rings. The predicted molar refractivity (Wildman–Crippen MR) is 173 cm³/mol. The molecule has 6 rings (SSSR count). The molecule has 0 amide bonds. The molecule has 0 bridgehead atoms. The number of benzene rings is 3. The highest BCUT2D eigenvalue weighted by atomic mass is 35.5. The van der Waals surface area contributed by atoms with E-state index in [1.165, 1.54) is 12.3 Å². The molecule has 230 valence electrons. The number of nitrogens with one attached hydrogen (secondary N) is 2. The predicted octanol–water partition coefficient (Wildman–Crippen LogP) is 8.01. The summed E-state index contributed by atoms with van der Waals surface area (Å²) < 4.78 is 29.6. The molecule has 45 heavy (non-hydrogen) atoms. The molecule has 2 aromatic heterocycles. The van der Waals surface area contributed by atoms with Crippen LogP contribution in [0.3, 0.4) is 0 Å². The van der Waals surface area contributed by atoms with Crippen LogP contribution in [0, 0.1) is 23.0 Å². The number of anilines is 3. The van der Waals surface area contributed by atoms with Crippen molar-refractivity contribution in [3.63, 3.8) is 0 Å². The lowest BCUT2D eigenvalue weighted by atomic mass is 9.98. The monoisotopic (exact) mass is 626 g/mol. The highest BCUT2D eigenvalue weighted by Gasteiger charge is 2.29. The number of piperidine rings is 1. The van der Waals surface area contributed by atoms with E-state index in [4.69, 9.17) is 11.6 Å². The number of nitriles is 1. The quantitative estimate of drug-likeness (QED) is 0.189. The van der Waals surface area contributed by atoms with Gasteiger partial charge in [0.15, 0.2) is 11.6 Å². The summed E-state index contributed by atoms with van der Waals surface area (Å²) in [6.07, 6.45) is 5.40. The number of pyridine rings is 1. The Morgan fingerprint density at radius 3 is 2.44 bits per heavy atom. The van der Waals surface area contributed by atoms with E-state index < -0.39 is 11.6 Å². The normalized spacial score (nSPS) is 15.1. The van der Waals surface area contributed by atoms with Crippen molar-refractivity contribution < 1.29 is 8.78 Å². The number of hydrogen-bond acceptors (Lipinski definition) is 7. The van der Waals surface area contributed by atoms with E-state index in [2.05, 4.69) is 57.7 Å². The van der Waals surface area contributed by atoms with Gasteiger partial charge in [-0.15, -0.1) is 5.10 Å². The molecule has 0 unspecified atom stereocenters. The number of fused-ring (bicyclic) bond motifs is 1. The summed E-state index contributed by atoms with van der Waals surface area (Å²) in [5, 5.41) is 26.6. The average molecular weight is 627 g/mol. The molecule has 1 aliphatic heterocycles. The summed E-state index contributed by atoms with van der Waals surface area (Å²) in [6.45, 7) is 8.73. The van der Waals surface area contributed by atoms with Crippen LogP contribution in [0.2, 0.25) is 5.02 Å². The smallest absolute Gasteiger partial charge is 0.160 e. The second-order valence-corrected chi connectivity index (χ2v) is 12.7. The van der Waals surface area contributed by atoms with E-state index in [1.54, 1.807) is 6.07 Å². The van der Waals surface area contributed by atoms with E-state index in [1.807, 2.05) is 47.3 Å². The summed E-state index contributed by atoms with van der Waals surface area (Å²) >= 11 is 6.74. The molecule has 1 aliphatic rings. The fourth-order valence-electron chi connectivity index (χ4n) is 5.82. The Hall–Kier alpha value is -4.59. The zero-order valence-corrected chi connectivity index (χ0v) is 26.0. The minimum Gasteiger partial charge on any atom is -0.373 e. The first-order valence-electron chi connectivity index (χ1n) is 14.8. The summed E-state index contributed by atoms with van der Waals surface area (Å²) in [4.78, 5) is 6.91. The van der Waals surface area contributed by atoms with E-state index in [-0.39, 0.29) is 28.9 Å². The van der Waals surface area contributed by atoms with Gasteiger partial charge in [-0.1, -0.05) is 47.1 Å². The van der Waals surface area contributed by atoms with Crippen LogP contribution in [0.15, 0.2) is 73.1 Å². The molecule has 2 N–H and O–H groups in total. The molecule has 5 aromatic rings. The van der Waals surface area contributed by atoms with E-state index in [0.29, 0.717) is 27.3 Å². The maximum absolute atomic E-state index is 14.0. The van der Waals surface area contributed by atoms with Gasteiger partial charge >= 0.3 is 0 Å². The van der Waals surface area contributed by atoms with Gasteiger partial charge in [0.1, 0.15) is 11.8 Å². The fraction of sp³-hybridized carbons (Fsp3) is 0.294. The van der Waals surface area contributed by atoms with Gasteiger partial charge in [0, 0.05) is 47.7 Å². The Kier molecular flexibility index (Phi) is 8.40. The molecular weight excluding hydrogens is 594 g/mol. The van der Waals surface area contributed by atoms with Crippen LogP contribution in [-0.4, -0.2) is 43.5 Å². The van der Waals surface area contributed by atoms with Crippen molar-refractivity contribution in [3.8, 4) is 6.07 Å². The minimum absolute atomic E-state index is 0.135. The standard InChI is InChI=1S/C34H33ClF2N8/c1-34(2,3)44-13-11-25(12-14-44)45-20-30(42-43-45)32(21-7-5-4-6-8-21)41-24-15-26-31(40-23-9-10-28(36)29(37)17-23)22(18-38)19-39-33(26)27(35)16-24/h4-10,15-17,19-20,25,32,41H,11-14H2,1-3H3,(H,39,40)/t32-/m0/s1. The lowest BCUT2D eigenvalue weighted by molar-refractivity contribution is 0.0866. The van der Waals surface area contributed by atoms with Gasteiger partial charge in [0.25, 0.3) is 0 Å². The molecule has 3 aromatic carbocycles. The second-order valence-electron chi connectivity index (χ2n) is 12.3. The zero-order chi connectivity index (χ0) is 31.7. The largest absolute Gasteiger partial charge is 0.373 e. The Morgan fingerprint density at radius 2 is 1.76 bits per heavy atom. The van der Waals surface area contributed by atoms with Gasteiger partial charge in [-0.3, -0.25) is 9.88 Å². The summed E-state index contributed by atoms with van der Waals surface area (Å²) in [6, 6.07) is 19.0. The number of hydrogen-bond donors (Lipinski definition) is 2. The first-order valence-corrected chi connectivity index (χ1v) is 15.2. The molecule has 11 heteroatoms. The third-order valence-electron chi connectivity index (χ3n) is 8.29. The maximum Gasteiger partial charge on any atom is 0.160 e. The van der Waals surface area contributed by atoms with Crippen LogP contribution in [-0.2, 0) is 0 Å². The fourth-order valence-corrected chi connectivity index (χ4v) is 6.09. The van der Waals surface area contributed by atoms with E-state index in [9.17, 15) is 14.0 Å². The van der Waals surface area contributed by atoms with Gasteiger partial charge in [0.2, 0.25) is 0 Å². The third kappa shape index (κ3) is 6.46. The summed E-state index contributed by atoms with van der Waals surface area (Å²) in [5.74, 6) is -1.97. The number of nitrogens with zero attached hydrogens (tertiary/aromatic N) is 6. The van der Waals surface area contributed by atoms with Crippen molar-refractivity contribution in [1.29, 1.82) is 5.26 Å². The van der Waals surface area contributed by atoms with E-state index in [0.717, 1.165) is 49.3 Å². The van der Waals surface area contributed by atoms with Gasteiger partial charge < -0.3 is 10.6 Å². The van der Waals surface area contributed by atoms with Crippen LogP contribution in [0.25, 0.3) is 10.9 Å². The van der Waals surface area contributed by atoms with Gasteiger partial charge in [0.05, 0.1) is 40.1 Å². The summed E-state index contributed by atoms with van der Waals surface area (Å²) in [5.41, 5.74) is 3.85. The topological polar surface area (TPSA) is 94.7 Å². The molecule has 3 heterocycles. The Bertz CT molecular complexity index is 1870. The average Bonchev–Trinajstić information content (AvgIpc) is 3.52. The first kappa shape index (κ1) is 30.4. The number of rotatable bonds is 7. The molecule has 1 saturated heterocycles.